The lowest BCUT2D eigenvalue weighted by atomic mass is 9.86. The lowest BCUT2D eigenvalue weighted by molar-refractivity contribution is -0.116. The van der Waals surface area contributed by atoms with E-state index in [1.54, 1.807) is 12.1 Å². The Morgan fingerprint density at radius 2 is 1.75 bits per heavy atom. The SMILES string of the molecule is O=C(CCc1ccc(OCCCCCC2CCCCC2)cc1)Nc1cccc(C(=O)O)c1. The minimum Gasteiger partial charge on any atom is -0.494 e. The standard InChI is InChI=1S/C27H35NO4/c29-26(28-24-12-7-11-23(20-24)27(30)31)18-15-22-13-16-25(17-14-22)32-19-6-2-5-10-21-8-3-1-4-9-21/h7,11-14,16-17,20-21H,1-6,8-10,15,18-19H2,(H,28,29)(H,30,31). The summed E-state index contributed by atoms with van der Waals surface area (Å²) in [5, 5.41) is 11.8. The third kappa shape index (κ3) is 8.37. The summed E-state index contributed by atoms with van der Waals surface area (Å²) in [5.41, 5.74) is 1.72. The average molecular weight is 438 g/mol. The Balaban J connectivity index is 1.30. The van der Waals surface area contributed by atoms with Gasteiger partial charge < -0.3 is 15.2 Å². The molecule has 0 aromatic heterocycles. The van der Waals surface area contributed by atoms with Gasteiger partial charge in [-0.2, -0.15) is 0 Å². The van der Waals surface area contributed by atoms with E-state index in [0.29, 0.717) is 18.5 Å². The summed E-state index contributed by atoms with van der Waals surface area (Å²) in [6.45, 7) is 0.752. The number of aryl methyl sites for hydroxylation is 1. The minimum atomic E-state index is -1.01. The van der Waals surface area contributed by atoms with Crippen molar-refractivity contribution in [3.8, 4) is 5.75 Å². The Labute approximate surface area is 191 Å². The predicted octanol–water partition coefficient (Wildman–Crippen LogP) is 6.48. The van der Waals surface area contributed by atoms with Crippen molar-refractivity contribution in [1.82, 2.24) is 0 Å². The lowest BCUT2D eigenvalue weighted by Gasteiger charge is -2.21. The average Bonchev–Trinajstić information content (AvgIpc) is 2.81. The van der Waals surface area contributed by atoms with Gasteiger partial charge in [0.25, 0.3) is 0 Å². The summed E-state index contributed by atoms with van der Waals surface area (Å²) in [6, 6.07) is 14.2. The van der Waals surface area contributed by atoms with E-state index >= 15 is 0 Å². The number of carboxylic acids is 1. The van der Waals surface area contributed by atoms with Crippen LogP contribution in [-0.2, 0) is 11.2 Å². The van der Waals surface area contributed by atoms with E-state index in [4.69, 9.17) is 9.84 Å². The second kappa shape index (κ2) is 12.9. The van der Waals surface area contributed by atoms with Gasteiger partial charge in [-0.3, -0.25) is 4.79 Å². The topological polar surface area (TPSA) is 75.6 Å². The first-order chi connectivity index (χ1) is 15.6. The number of rotatable bonds is 12. The van der Waals surface area contributed by atoms with Crippen LogP contribution in [0.3, 0.4) is 0 Å². The van der Waals surface area contributed by atoms with E-state index in [0.717, 1.165) is 30.3 Å². The van der Waals surface area contributed by atoms with Gasteiger partial charge in [0.15, 0.2) is 0 Å². The first kappa shape index (κ1) is 23.8. The van der Waals surface area contributed by atoms with Crippen LogP contribution in [0.4, 0.5) is 5.69 Å². The maximum atomic E-state index is 12.2. The fourth-order valence-corrected chi connectivity index (χ4v) is 4.34. The smallest absolute Gasteiger partial charge is 0.335 e. The quantitative estimate of drug-likeness (QED) is 0.373. The molecule has 1 saturated carbocycles. The summed E-state index contributed by atoms with van der Waals surface area (Å²) >= 11 is 0. The summed E-state index contributed by atoms with van der Waals surface area (Å²) in [5.74, 6) is 0.689. The van der Waals surface area contributed by atoms with Crippen LogP contribution in [0, 0.1) is 5.92 Å². The molecule has 1 fully saturated rings. The van der Waals surface area contributed by atoms with Gasteiger partial charge in [0.05, 0.1) is 12.2 Å². The van der Waals surface area contributed by atoms with Gasteiger partial charge in [0.1, 0.15) is 5.75 Å². The number of unbranched alkanes of at least 4 members (excludes halogenated alkanes) is 2. The summed E-state index contributed by atoms with van der Waals surface area (Å²) < 4.78 is 5.86. The number of carboxylic acid groups (broad SMARTS) is 1. The number of carbonyl (C=O) groups excluding carboxylic acids is 1. The van der Waals surface area contributed by atoms with Gasteiger partial charge in [-0.1, -0.05) is 69.6 Å². The molecule has 0 heterocycles. The summed E-state index contributed by atoms with van der Waals surface area (Å²) in [4.78, 5) is 23.2. The molecule has 5 nitrogen and oxygen atoms in total. The van der Waals surface area contributed by atoms with E-state index in [1.807, 2.05) is 24.3 Å². The molecule has 2 N–H and O–H groups in total. The normalized spacial score (nSPS) is 14.1. The Bertz CT molecular complexity index is 856. The highest BCUT2D eigenvalue weighted by Gasteiger charge is 2.12. The zero-order chi connectivity index (χ0) is 22.6. The Morgan fingerprint density at radius 1 is 0.969 bits per heavy atom. The van der Waals surface area contributed by atoms with Gasteiger partial charge in [-0.15, -0.1) is 0 Å². The van der Waals surface area contributed by atoms with E-state index in [-0.39, 0.29) is 11.5 Å². The van der Waals surface area contributed by atoms with E-state index in [1.165, 1.54) is 63.5 Å². The number of carbonyl (C=O) groups is 2. The Kier molecular flexibility index (Phi) is 9.60. The largest absolute Gasteiger partial charge is 0.494 e. The van der Waals surface area contributed by atoms with Gasteiger partial charge in [-0.25, -0.2) is 4.79 Å². The van der Waals surface area contributed by atoms with Crippen molar-refractivity contribution in [2.45, 2.75) is 70.6 Å². The molecule has 0 spiro atoms. The molecule has 2 aromatic carbocycles. The number of aromatic carboxylic acids is 1. The highest BCUT2D eigenvalue weighted by Crippen LogP contribution is 2.28. The van der Waals surface area contributed by atoms with Crippen LogP contribution < -0.4 is 10.1 Å². The third-order valence-electron chi connectivity index (χ3n) is 6.21. The zero-order valence-corrected chi connectivity index (χ0v) is 18.9. The van der Waals surface area contributed by atoms with E-state index in [2.05, 4.69) is 5.32 Å². The van der Waals surface area contributed by atoms with Crippen LogP contribution in [-0.4, -0.2) is 23.6 Å². The number of benzene rings is 2. The lowest BCUT2D eigenvalue weighted by Crippen LogP contribution is -2.12. The summed E-state index contributed by atoms with van der Waals surface area (Å²) in [6.07, 6.45) is 13.1. The van der Waals surface area contributed by atoms with Crippen molar-refractivity contribution in [1.29, 1.82) is 0 Å². The number of ether oxygens (including phenoxy) is 1. The number of nitrogens with one attached hydrogen (secondary N) is 1. The molecule has 0 aliphatic heterocycles. The first-order valence-electron chi connectivity index (χ1n) is 11.9. The van der Waals surface area contributed by atoms with Crippen molar-refractivity contribution in [3.63, 3.8) is 0 Å². The second-order valence-corrected chi connectivity index (χ2v) is 8.78. The number of hydrogen-bond acceptors (Lipinski definition) is 3. The molecule has 2 aromatic rings. The van der Waals surface area contributed by atoms with E-state index < -0.39 is 5.97 Å². The zero-order valence-electron chi connectivity index (χ0n) is 18.9. The molecule has 0 unspecified atom stereocenters. The molecule has 5 heteroatoms. The monoisotopic (exact) mass is 437 g/mol. The molecular formula is C27H35NO4. The molecule has 0 saturated heterocycles. The number of hydrogen-bond donors (Lipinski definition) is 2. The van der Waals surface area contributed by atoms with Crippen molar-refractivity contribution in [2.24, 2.45) is 5.92 Å². The predicted molar refractivity (Wildman–Crippen MR) is 127 cm³/mol. The van der Waals surface area contributed by atoms with Crippen LogP contribution in [0.1, 0.15) is 80.1 Å². The van der Waals surface area contributed by atoms with Crippen LogP contribution in [0.2, 0.25) is 0 Å². The van der Waals surface area contributed by atoms with Crippen LogP contribution in [0.5, 0.6) is 5.75 Å². The maximum absolute atomic E-state index is 12.2. The van der Waals surface area contributed by atoms with Gasteiger partial charge >= 0.3 is 5.97 Å². The molecule has 172 valence electrons. The Morgan fingerprint density at radius 3 is 2.50 bits per heavy atom. The van der Waals surface area contributed by atoms with Gasteiger partial charge in [0, 0.05) is 12.1 Å². The number of anilines is 1. The van der Waals surface area contributed by atoms with Crippen LogP contribution in [0.15, 0.2) is 48.5 Å². The maximum Gasteiger partial charge on any atom is 0.335 e. The molecule has 0 atom stereocenters. The summed E-state index contributed by atoms with van der Waals surface area (Å²) in [7, 11) is 0. The van der Waals surface area contributed by atoms with Gasteiger partial charge in [0.2, 0.25) is 5.91 Å². The molecule has 1 aliphatic rings. The Hall–Kier alpha value is -2.82. The molecule has 0 radical (unpaired) electrons. The van der Waals surface area contributed by atoms with Crippen LogP contribution >= 0.6 is 0 Å². The molecule has 1 amide bonds. The molecule has 32 heavy (non-hydrogen) atoms. The van der Waals surface area contributed by atoms with Crippen molar-refractivity contribution >= 4 is 17.6 Å². The molecule has 3 rings (SSSR count). The fourth-order valence-electron chi connectivity index (χ4n) is 4.34. The van der Waals surface area contributed by atoms with Crippen molar-refractivity contribution in [3.05, 3.63) is 59.7 Å². The van der Waals surface area contributed by atoms with E-state index in [9.17, 15) is 9.59 Å². The second-order valence-electron chi connectivity index (χ2n) is 8.78. The third-order valence-corrected chi connectivity index (χ3v) is 6.21. The van der Waals surface area contributed by atoms with Crippen molar-refractivity contribution in [2.75, 3.05) is 11.9 Å². The van der Waals surface area contributed by atoms with Gasteiger partial charge in [-0.05, 0) is 54.7 Å². The molecule has 0 bridgehead atoms. The molecule has 1 aliphatic carbocycles. The fraction of sp³-hybridized carbons (Fsp3) is 0.481. The van der Waals surface area contributed by atoms with Crippen LogP contribution in [0.25, 0.3) is 0 Å². The highest BCUT2D eigenvalue weighted by molar-refractivity contribution is 5.93. The minimum absolute atomic E-state index is 0.138. The first-order valence-corrected chi connectivity index (χ1v) is 11.9. The number of amides is 1. The molecular weight excluding hydrogens is 402 g/mol. The highest BCUT2D eigenvalue weighted by atomic mass is 16.5. The van der Waals surface area contributed by atoms with Crippen molar-refractivity contribution < 1.29 is 19.4 Å².